The van der Waals surface area contributed by atoms with Crippen LogP contribution in [-0.4, -0.2) is 78.2 Å². The van der Waals surface area contributed by atoms with Gasteiger partial charge in [-0.1, -0.05) is 12.0 Å². The number of phenols is 1. The lowest BCUT2D eigenvalue weighted by molar-refractivity contribution is 0.107. The molecule has 13 heteroatoms. The average molecular weight is 663 g/mol. The summed E-state index contributed by atoms with van der Waals surface area (Å²) in [6.45, 7) is 1.30. The fourth-order valence-corrected chi connectivity index (χ4v) is 7.17. The van der Waals surface area contributed by atoms with Gasteiger partial charge in [0.15, 0.2) is 5.82 Å². The second-order valence-corrected chi connectivity index (χ2v) is 12.4. The number of benzene rings is 2. The molecule has 6 aromatic rings. The standard InChI is InChI=1S/C36H29F3N8O2/c1-3-26-29(38)6-5-21-13-25(48)14-27(30(21)26)32-31(39)33-28(17-41-35(44-33)49-20-36-9-4-12-46(36)18-22(37)15-36)34(43-32)45(2)24-16-42-47(19-24)23-7-10-40-11-8-23/h1,5-8,10-11,13-14,16-17,19,22,48H,4,9,12,15,18,20H2,2H3/t22-,36+/m1/s1. The highest BCUT2D eigenvalue weighted by atomic mass is 19.1. The van der Waals surface area contributed by atoms with E-state index >= 15 is 8.78 Å². The lowest BCUT2D eigenvalue weighted by Gasteiger charge is -2.30. The Hall–Kier alpha value is -5.74. The minimum atomic E-state index is -0.941. The molecule has 4 aromatic heterocycles. The first kappa shape index (κ1) is 30.6. The van der Waals surface area contributed by atoms with Crippen LogP contribution in [0.15, 0.2) is 67.4 Å². The van der Waals surface area contributed by atoms with Crippen molar-refractivity contribution in [1.82, 2.24) is 34.6 Å². The molecule has 2 aliphatic rings. The third-order valence-electron chi connectivity index (χ3n) is 9.52. The van der Waals surface area contributed by atoms with Gasteiger partial charge in [-0.3, -0.25) is 9.88 Å². The Bertz CT molecular complexity index is 2290. The highest BCUT2D eigenvalue weighted by Crippen LogP contribution is 2.42. The molecule has 0 unspecified atom stereocenters. The van der Waals surface area contributed by atoms with Crippen molar-refractivity contribution in [2.24, 2.45) is 0 Å². The molecule has 0 radical (unpaired) electrons. The molecule has 2 saturated heterocycles. The molecule has 0 saturated carbocycles. The van der Waals surface area contributed by atoms with Crippen LogP contribution in [-0.2, 0) is 0 Å². The molecule has 0 amide bonds. The van der Waals surface area contributed by atoms with Gasteiger partial charge in [-0.15, -0.1) is 6.42 Å². The minimum absolute atomic E-state index is 0.0745. The van der Waals surface area contributed by atoms with E-state index in [1.54, 1.807) is 53.5 Å². The van der Waals surface area contributed by atoms with Gasteiger partial charge in [-0.25, -0.2) is 27.8 Å². The Labute approximate surface area is 278 Å². The van der Waals surface area contributed by atoms with Gasteiger partial charge in [0.05, 0.1) is 40.3 Å². The van der Waals surface area contributed by atoms with Gasteiger partial charge in [0.25, 0.3) is 0 Å². The van der Waals surface area contributed by atoms with Crippen LogP contribution in [0.2, 0.25) is 0 Å². The third kappa shape index (κ3) is 5.16. The van der Waals surface area contributed by atoms with Crippen molar-refractivity contribution in [3.63, 3.8) is 0 Å². The van der Waals surface area contributed by atoms with E-state index in [0.29, 0.717) is 24.0 Å². The maximum absolute atomic E-state index is 16.9. The van der Waals surface area contributed by atoms with Gasteiger partial charge in [-0.05, 0) is 55.1 Å². The molecule has 2 atom stereocenters. The number of anilines is 2. The summed E-state index contributed by atoms with van der Waals surface area (Å²) in [6.07, 6.45) is 15.0. The molecule has 0 spiro atoms. The number of aromatic hydroxyl groups is 1. The highest BCUT2D eigenvalue weighted by Gasteiger charge is 2.49. The number of aromatic nitrogens is 6. The first-order valence-electron chi connectivity index (χ1n) is 15.7. The normalized spacial score (nSPS) is 19.0. The number of nitrogens with zero attached hydrogens (tertiary/aromatic N) is 8. The van der Waals surface area contributed by atoms with Crippen LogP contribution in [0, 0.1) is 24.0 Å². The number of rotatable bonds is 7. The SMILES string of the molecule is C#Cc1c(F)ccc2cc(O)cc(-c3nc(N(C)c4cnn(-c5ccncc5)c4)c4cnc(OC[C@@]56CCCN5C[C@H](F)C6)nc4c3F)c12. The Morgan fingerprint density at radius 2 is 1.98 bits per heavy atom. The first-order valence-corrected chi connectivity index (χ1v) is 15.7. The Morgan fingerprint density at radius 3 is 2.80 bits per heavy atom. The number of fused-ring (bicyclic) bond motifs is 3. The molecule has 6 heterocycles. The lowest BCUT2D eigenvalue weighted by atomic mass is 9.95. The Morgan fingerprint density at radius 1 is 1.14 bits per heavy atom. The molecule has 0 aliphatic carbocycles. The van der Waals surface area contributed by atoms with E-state index in [0.717, 1.165) is 25.1 Å². The fourth-order valence-electron chi connectivity index (χ4n) is 7.17. The van der Waals surface area contributed by atoms with Gasteiger partial charge in [0.1, 0.15) is 41.4 Å². The average Bonchev–Trinajstić information content (AvgIpc) is 3.83. The van der Waals surface area contributed by atoms with Crippen LogP contribution in [0.4, 0.5) is 24.7 Å². The predicted molar refractivity (Wildman–Crippen MR) is 178 cm³/mol. The number of terminal acetylenes is 1. The van der Waals surface area contributed by atoms with Crippen molar-refractivity contribution < 1.29 is 23.0 Å². The van der Waals surface area contributed by atoms with Crippen LogP contribution < -0.4 is 9.64 Å². The molecule has 2 aliphatic heterocycles. The number of hydrogen-bond donors (Lipinski definition) is 1. The van der Waals surface area contributed by atoms with E-state index in [1.807, 2.05) is 0 Å². The lowest BCUT2D eigenvalue weighted by Crippen LogP contribution is -2.43. The quantitative estimate of drug-likeness (QED) is 0.203. The maximum atomic E-state index is 16.9. The van der Waals surface area contributed by atoms with Crippen LogP contribution in [0.3, 0.4) is 0 Å². The summed E-state index contributed by atoms with van der Waals surface area (Å²) < 4.78 is 54.0. The molecule has 49 heavy (non-hydrogen) atoms. The van der Waals surface area contributed by atoms with Gasteiger partial charge in [0, 0.05) is 49.6 Å². The van der Waals surface area contributed by atoms with Crippen LogP contribution in [0.1, 0.15) is 24.8 Å². The summed E-state index contributed by atoms with van der Waals surface area (Å²) in [7, 11) is 1.73. The van der Waals surface area contributed by atoms with E-state index in [-0.39, 0.29) is 57.3 Å². The first-order chi connectivity index (χ1) is 23.7. The van der Waals surface area contributed by atoms with E-state index < -0.39 is 23.3 Å². The monoisotopic (exact) mass is 662 g/mol. The summed E-state index contributed by atoms with van der Waals surface area (Å²) in [5, 5.41) is 16.0. The number of phenolic OH excluding ortho intramolecular Hbond substituents is 1. The van der Waals surface area contributed by atoms with Crippen molar-refractivity contribution in [3.8, 4) is 41.0 Å². The summed E-state index contributed by atoms with van der Waals surface area (Å²) >= 11 is 0. The molecule has 246 valence electrons. The minimum Gasteiger partial charge on any atom is -0.508 e. The van der Waals surface area contributed by atoms with Crippen molar-refractivity contribution in [2.45, 2.75) is 31.0 Å². The van der Waals surface area contributed by atoms with Crippen molar-refractivity contribution in [3.05, 3.63) is 84.6 Å². The van der Waals surface area contributed by atoms with Crippen LogP contribution in [0.5, 0.6) is 11.8 Å². The Balaban J connectivity index is 1.29. The topological polar surface area (TPSA) is 105 Å². The number of alkyl halides is 1. The van der Waals surface area contributed by atoms with E-state index in [1.165, 1.54) is 30.5 Å². The molecule has 10 nitrogen and oxygen atoms in total. The highest BCUT2D eigenvalue weighted by molar-refractivity contribution is 6.03. The summed E-state index contributed by atoms with van der Waals surface area (Å²) in [5.74, 6) is 0.900. The zero-order valence-electron chi connectivity index (χ0n) is 26.3. The summed E-state index contributed by atoms with van der Waals surface area (Å²) in [6, 6.07) is 8.89. The van der Waals surface area contributed by atoms with Gasteiger partial charge < -0.3 is 14.7 Å². The molecular weight excluding hydrogens is 633 g/mol. The predicted octanol–water partition coefficient (Wildman–Crippen LogP) is 6.11. The second-order valence-electron chi connectivity index (χ2n) is 12.4. The largest absolute Gasteiger partial charge is 0.508 e. The Kier molecular flexibility index (Phi) is 7.33. The van der Waals surface area contributed by atoms with Crippen molar-refractivity contribution >= 4 is 33.2 Å². The second kappa shape index (κ2) is 11.7. The number of pyridine rings is 2. The molecule has 1 N–H and O–H groups in total. The van der Waals surface area contributed by atoms with Gasteiger partial charge in [0.2, 0.25) is 0 Å². The number of ether oxygens (including phenoxy) is 1. The molecule has 8 rings (SSSR count). The van der Waals surface area contributed by atoms with Crippen molar-refractivity contribution in [2.75, 3.05) is 31.6 Å². The molecule has 2 aromatic carbocycles. The smallest absolute Gasteiger partial charge is 0.317 e. The molecule has 0 bridgehead atoms. The van der Waals surface area contributed by atoms with Crippen LogP contribution >= 0.6 is 0 Å². The van der Waals surface area contributed by atoms with E-state index in [9.17, 15) is 9.50 Å². The van der Waals surface area contributed by atoms with E-state index in [2.05, 4.69) is 30.9 Å². The summed E-state index contributed by atoms with van der Waals surface area (Å²) in [5.41, 5.74) is 0.541. The molecule has 2 fully saturated rings. The fraction of sp³-hybridized carbons (Fsp3) is 0.250. The molecular formula is C36H29F3N8O2. The van der Waals surface area contributed by atoms with Crippen molar-refractivity contribution in [1.29, 1.82) is 0 Å². The third-order valence-corrected chi connectivity index (χ3v) is 9.52. The zero-order valence-corrected chi connectivity index (χ0v) is 26.3. The van der Waals surface area contributed by atoms with Gasteiger partial charge in [-0.2, -0.15) is 10.1 Å². The zero-order chi connectivity index (χ0) is 33.9. The van der Waals surface area contributed by atoms with E-state index in [4.69, 9.17) is 16.1 Å². The summed E-state index contributed by atoms with van der Waals surface area (Å²) in [4.78, 5) is 21.5. The van der Waals surface area contributed by atoms with Crippen LogP contribution in [0.25, 0.3) is 38.6 Å². The number of halogens is 3. The number of hydrogen-bond acceptors (Lipinski definition) is 9. The van der Waals surface area contributed by atoms with Gasteiger partial charge >= 0.3 is 6.01 Å². The maximum Gasteiger partial charge on any atom is 0.317 e.